The van der Waals surface area contributed by atoms with Gasteiger partial charge in [-0.2, -0.15) is 0 Å². The molecule has 0 unspecified atom stereocenters. The number of alkyl halides is 1. The van der Waals surface area contributed by atoms with Crippen LogP contribution < -0.4 is 0 Å². The van der Waals surface area contributed by atoms with Crippen LogP contribution in [-0.4, -0.2) is 25.3 Å². The average molecular weight is 253 g/mol. The Morgan fingerprint density at radius 3 is 2.27 bits per heavy atom. The zero-order chi connectivity index (χ0) is 11.1. The van der Waals surface area contributed by atoms with E-state index in [0.29, 0.717) is 11.6 Å². The number of unbranched alkanes of at least 4 members (excludes halogenated alkanes) is 2. The van der Waals surface area contributed by atoms with E-state index >= 15 is 0 Å². The van der Waals surface area contributed by atoms with E-state index in [4.69, 9.17) is 11.6 Å². The molecule has 0 aliphatic heterocycles. The summed E-state index contributed by atoms with van der Waals surface area (Å²) in [6.07, 6.45) is 7.81. The molecule has 1 saturated carbocycles. The van der Waals surface area contributed by atoms with E-state index in [0.717, 1.165) is 44.9 Å². The van der Waals surface area contributed by atoms with Gasteiger partial charge in [-0.1, -0.05) is 25.7 Å². The molecule has 0 bridgehead atoms. The van der Waals surface area contributed by atoms with Crippen molar-refractivity contribution in [2.45, 2.75) is 56.6 Å². The van der Waals surface area contributed by atoms with Crippen molar-refractivity contribution in [1.82, 2.24) is 0 Å². The predicted octanol–water partition coefficient (Wildman–Crippen LogP) is 3.14. The van der Waals surface area contributed by atoms with Crippen LogP contribution in [0.25, 0.3) is 0 Å². The second kappa shape index (κ2) is 6.74. The first-order chi connectivity index (χ1) is 7.17. The molecule has 2 nitrogen and oxygen atoms in total. The Labute approximate surface area is 98.3 Å². The van der Waals surface area contributed by atoms with Crippen LogP contribution in [0, 0.1) is 0 Å². The first kappa shape index (κ1) is 13.3. The van der Waals surface area contributed by atoms with E-state index in [9.17, 15) is 8.42 Å². The first-order valence-corrected chi connectivity index (χ1v) is 8.19. The number of hydrogen-bond donors (Lipinski definition) is 0. The second-order valence-electron chi connectivity index (χ2n) is 4.38. The van der Waals surface area contributed by atoms with Gasteiger partial charge in [-0.3, -0.25) is 0 Å². The van der Waals surface area contributed by atoms with E-state index in [1.165, 1.54) is 6.42 Å². The van der Waals surface area contributed by atoms with Crippen LogP contribution in [-0.2, 0) is 9.84 Å². The van der Waals surface area contributed by atoms with Gasteiger partial charge in [-0.15, -0.1) is 11.6 Å². The predicted molar refractivity (Wildman–Crippen MR) is 65.2 cm³/mol. The topological polar surface area (TPSA) is 34.1 Å². The summed E-state index contributed by atoms with van der Waals surface area (Å²) < 4.78 is 23.8. The Bertz CT molecular complexity index is 256. The molecule has 0 aromatic carbocycles. The number of halogens is 1. The van der Waals surface area contributed by atoms with E-state index in [1.54, 1.807) is 0 Å². The summed E-state index contributed by atoms with van der Waals surface area (Å²) in [7, 11) is -2.81. The van der Waals surface area contributed by atoms with Gasteiger partial charge in [0.1, 0.15) is 0 Å². The highest BCUT2D eigenvalue weighted by molar-refractivity contribution is 7.92. The van der Waals surface area contributed by atoms with Gasteiger partial charge in [-0.25, -0.2) is 8.42 Å². The largest absolute Gasteiger partial charge is 0.229 e. The van der Waals surface area contributed by atoms with Crippen molar-refractivity contribution in [3.8, 4) is 0 Å². The smallest absolute Gasteiger partial charge is 0.153 e. The van der Waals surface area contributed by atoms with Crippen molar-refractivity contribution in [3.63, 3.8) is 0 Å². The summed E-state index contributed by atoms with van der Waals surface area (Å²) in [4.78, 5) is 0. The molecular formula is C11H21ClO2S. The van der Waals surface area contributed by atoms with Crippen molar-refractivity contribution >= 4 is 21.4 Å². The quantitative estimate of drug-likeness (QED) is 0.538. The normalized spacial score (nSPS) is 19.3. The fraction of sp³-hybridized carbons (Fsp3) is 1.00. The second-order valence-corrected chi connectivity index (χ2v) is 7.16. The summed E-state index contributed by atoms with van der Waals surface area (Å²) in [5.74, 6) is 1.01. The lowest BCUT2D eigenvalue weighted by atomic mass is 10.0. The van der Waals surface area contributed by atoms with Crippen LogP contribution in [0.5, 0.6) is 0 Å². The van der Waals surface area contributed by atoms with Crippen molar-refractivity contribution in [2.75, 3.05) is 11.6 Å². The Kier molecular flexibility index (Phi) is 5.98. The van der Waals surface area contributed by atoms with E-state index in [-0.39, 0.29) is 5.25 Å². The highest BCUT2D eigenvalue weighted by Crippen LogP contribution is 2.24. The zero-order valence-electron chi connectivity index (χ0n) is 9.25. The summed E-state index contributed by atoms with van der Waals surface area (Å²) in [6, 6.07) is 0. The molecule has 0 aromatic rings. The number of hydrogen-bond acceptors (Lipinski definition) is 2. The summed E-state index contributed by atoms with van der Waals surface area (Å²) in [6.45, 7) is 0. The molecule has 15 heavy (non-hydrogen) atoms. The molecule has 1 aliphatic rings. The minimum absolute atomic E-state index is 0.0396. The van der Waals surface area contributed by atoms with Crippen LogP contribution in [0.2, 0.25) is 0 Å². The van der Waals surface area contributed by atoms with Crippen LogP contribution in [0.4, 0.5) is 0 Å². The molecule has 0 N–H and O–H groups in total. The molecule has 0 saturated heterocycles. The van der Waals surface area contributed by atoms with Gasteiger partial charge in [0, 0.05) is 5.88 Å². The molecule has 0 aromatic heterocycles. The fourth-order valence-electron chi connectivity index (χ4n) is 2.17. The summed E-state index contributed by atoms with van der Waals surface area (Å²) in [5, 5.41) is -0.0396. The first-order valence-electron chi connectivity index (χ1n) is 5.94. The molecule has 0 atom stereocenters. The van der Waals surface area contributed by atoms with Gasteiger partial charge in [0.25, 0.3) is 0 Å². The van der Waals surface area contributed by atoms with E-state index in [1.807, 2.05) is 0 Å². The molecular weight excluding hydrogens is 232 g/mol. The Morgan fingerprint density at radius 1 is 1.00 bits per heavy atom. The third kappa shape index (κ3) is 4.73. The zero-order valence-corrected chi connectivity index (χ0v) is 10.8. The average Bonchev–Trinajstić information content (AvgIpc) is 2.26. The van der Waals surface area contributed by atoms with Crippen LogP contribution in [0.15, 0.2) is 0 Å². The minimum atomic E-state index is -2.81. The fourth-order valence-corrected chi connectivity index (χ4v) is 4.35. The summed E-state index contributed by atoms with van der Waals surface area (Å²) in [5.41, 5.74) is 0. The SMILES string of the molecule is O=S(=O)(CCCCCCl)C1CCCCC1. The number of rotatable bonds is 6. The molecule has 0 heterocycles. The van der Waals surface area contributed by atoms with Gasteiger partial charge in [-0.05, 0) is 25.7 Å². The molecule has 0 spiro atoms. The van der Waals surface area contributed by atoms with Crippen molar-refractivity contribution in [3.05, 3.63) is 0 Å². The third-order valence-corrected chi connectivity index (χ3v) is 5.73. The monoisotopic (exact) mass is 252 g/mol. The Balaban J connectivity index is 2.30. The Morgan fingerprint density at radius 2 is 1.67 bits per heavy atom. The summed E-state index contributed by atoms with van der Waals surface area (Å²) >= 11 is 5.55. The third-order valence-electron chi connectivity index (χ3n) is 3.12. The van der Waals surface area contributed by atoms with Gasteiger partial charge in [0.2, 0.25) is 0 Å². The highest BCUT2D eigenvalue weighted by atomic mass is 35.5. The Hall–Kier alpha value is 0.240. The molecule has 1 rings (SSSR count). The van der Waals surface area contributed by atoms with Crippen molar-refractivity contribution in [1.29, 1.82) is 0 Å². The minimum Gasteiger partial charge on any atom is -0.229 e. The van der Waals surface area contributed by atoms with E-state index < -0.39 is 9.84 Å². The lowest BCUT2D eigenvalue weighted by Gasteiger charge is -2.21. The van der Waals surface area contributed by atoms with Gasteiger partial charge in [0.05, 0.1) is 11.0 Å². The maximum absolute atomic E-state index is 11.9. The lowest BCUT2D eigenvalue weighted by Crippen LogP contribution is -2.26. The van der Waals surface area contributed by atoms with Crippen LogP contribution >= 0.6 is 11.6 Å². The molecule has 0 radical (unpaired) electrons. The van der Waals surface area contributed by atoms with Crippen molar-refractivity contribution in [2.24, 2.45) is 0 Å². The van der Waals surface area contributed by atoms with E-state index in [2.05, 4.69) is 0 Å². The molecule has 1 fully saturated rings. The molecule has 90 valence electrons. The molecule has 0 amide bonds. The maximum atomic E-state index is 11.9. The maximum Gasteiger partial charge on any atom is 0.153 e. The van der Waals surface area contributed by atoms with Crippen LogP contribution in [0.3, 0.4) is 0 Å². The van der Waals surface area contributed by atoms with Crippen LogP contribution in [0.1, 0.15) is 51.4 Å². The standard InChI is InChI=1S/C11H21ClO2S/c12-9-5-2-6-10-15(13,14)11-7-3-1-4-8-11/h11H,1-10H2. The van der Waals surface area contributed by atoms with Gasteiger partial charge >= 0.3 is 0 Å². The van der Waals surface area contributed by atoms with Gasteiger partial charge < -0.3 is 0 Å². The van der Waals surface area contributed by atoms with Crippen molar-refractivity contribution < 1.29 is 8.42 Å². The van der Waals surface area contributed by atoms with Gasteiger partial charge in [0.15, 0.2) is 9.84 Å². The lowest BCUT2D eigenvalue weighted by molar-refractivity contribution is 0.482. The highest BCUT2D eigenvalue weighted by Gasteiger charge is 2.26. The molecule has 1 aliphatic carbocycles. The molecule has 4 heteroatoms. The number of sulfone groups is 1.